The fourth-order valence-corrected chi connectivity index (χ4v) is 1.51. The number of carboxylic acid groups (broad SMARTS) is 1. The van der Waals surface area contributed by atoms with E-state index in [1.54, 1.807) is 30.3 Å². The van der Waals surface area contributed by atoms with Crippen LogP contribution in [0.2, 0.25) is 0 Å². The maximum atomic E-state index is 11.7. The summed E-state index contributed by atoms with van der Waals surface area (Å²) in [6, 6.07) is 7.03. The minimum Gasteiger partial charge on any atom is -0.481 e. The maximum Gasteiger partial charge on any atom is 0.333 e. The summed E-state index contributed by atoms with van der Waals surface area (Å²) in [6.07, 6.45) is -0.193. The molecule has 0 aliphatic rings. The highest BCUT2D eigenvalue weighted by Crippen LogP contribution is 2.13. The molecular formula is C13H16N2O5. The van der Waals surface area contributed by atoms with E-state index < -0.39 is 24.0 Å². The van der Waals surface area contributed by atoms with Gasteiger partial charge in [-0.25, -0.2) is 9.59 Å². The number of hydrogen-bond donors (Lipinski definition) is 3. The molecule has 1 aromatic rings. The van der Waals surface area contributed by atoms with Crippen LogP contribution in [0, 0.1) is 0 Å². The molecule has 0 saturated carbocycles. The normalized spacial score (nSPS) is 11.2. The third-order valence-corrected chi connectivity index (χ3v) is 2.47. The van der Waals surface area contributed by atoms with Gasteiger partial charge in [0, 0.05) is 6.54 Å². The second-order valence-electron chi connectivity index (χ2n) is 3.91. The number of urea groups is 1. The van der Waals surface area contributed by atoms with Crippen LogP contribution < -0.4 is 10.6 Å². The van der Waals surface area contributed by atoms with Crippen LogP contribution in [0.15, 0.2) is 30.3 Å². The van der Waals surface area contributed by atoms with Crippen molar-refractivity contribution in [3.05, 3.63) is 35.9 Å². The summed E-state index contributed by atoms with van der Waals surface area (Å²) in [4.78, 5) is 33.6. The molecule has 0 aliphatic heterocycles. The van der Waals surface area contributed by atoms with E-state index in [-0.39, 0.29) is 13.0 Å². The zero-order chi connectivity index (χ0) is 15.0. The Bertz CT molecular complexity index is 475. The first kappa shape index (κ1) is 15.5. The van der Waals surface area contributed by atoms with Crippen molar-refractivity contribution in [1.82, 2.24) is 10.6 Å². The predicted molar refractivity (Wildman–Crippen MR) is 70.0 cm³/mol. The molecule has 108 valence electrons. The Labute approximate surface area is 115 Å². The standard InChI is InChI=1S/C13H16N2O5/c1-20-12(18)11(9-5-3-2-4-6-9)15-13(19)14-8-7-10(16)17/h2-6,11H,7-8H2,1H3,(H,16,17)(H2,14,15,19). The van der Waals surface area contributed by atoms with Gasteiger partial charge in [0.2, 0.25) is 0 Å². The van der Waals surface area contributed by atoms with Crippen LogP contribution in [-0.4, -0.2) is 36.7 Å². The number of aliphatic carboxylic acids is 1. The van der Waals surface area contributed by atoms with Crippen molar-refractivity contribution >= 4 is 18.0 Å². The molecule has 0 radical (unpaired) electrons. The molecule has 1 atom stereocenters. The molecule has 0 aromatic heterocycles. The van der Waals surface area contributed by atoms with Crippen LogP contribution in [0.4, 0.5) is 4.79 Å². The Balaban J connectivity index is 2.64. The number of carbonyl (C=O) groups is 3. The van der Waals surface area contributed by atoms with E-state index in [1.807, 2.05) is 0 Å². The Hall–Kier alpha value is -2.57. The van der Waals surface area contributed by atoms with Gasteiger partial charge in [-0.2, -0.15) is 0 Å². The summed E-state index contributed by atoms with van der Waals surface area (Å²) in [6.45, 7) is -0.0240. The topological polar surface area (TPSA) is 105 Å². The Morgan fingerprint density at radius 3 is 2.45 bits per heavy atom. The highest BCUT2D eigenvalue weighted by Gasteiger charge is 2.23. The summed E-state index contributed by atoms with van der Waals surface area (Å²) in [5, 5.41) is 13.3. The van der Waals surface area contributed by atoms with E-state index >= 15 is 0 Å². The van der Waals surface area contributed by atoms with Gasteiger partial charge in [-0.15, -0.1) is 0 Å². The highest BCUT2D eigenvalue weighted by atomic mass is 16.5. The number of carbonyl (C=O) groups excluding carboxylic acids is 2. The van der Waals surface area contributed by atoms with Gasteiger partial charge in [-0.3, -0.25) is 4.79 Å². The molecule has 7 nitrogen and oxygen atoms in total. The van der Waals surface area contributed by atoms with Crippen molar-refractivity contribution in [3.8, 4) is 0 Å². The van der Waals surface area contributed by atoms with E-state index in [4.69, 9.17) is 5.11 Å². The number of benzene rings is 1. The average molecular weight is 280 g/mol. The number of hydrogen-bond acceptors (Lipinski definition) is 4. The average Bonchev–Trinajstić information content (AvgIpc) is 2.44. The number of methoxy groups -OCH3 is 1. The summed E-state index contributed by atoms with van der Waals surface area (Å²) >= 11 is 0. The first-order chi connectivity index (χ1) is 9.54. The first-order valence-electron chi connectivity index (χ1n) is 5.93. The fourth-order valence-electron chi connectivity index (χ4n) is 1.51. The highest BCUT2D eigenvalue weighted by molar-refractivity contribution is 5.84. The van der Waals surface area contributed by atoms with Gasteiger partial charge in [0.15, 0.2) is 6.04 Å². The van der Waals surface area contributed by atoms with Crippen LogP contribution in [0.5, 0.6) is 0 Å². The minimum absolute atomic E-state index is 0.0240. The number of carboxylic acids is 1. The zero-order valence-electron chi connectivity index (χ0n) is 11.0. The van der Waals surface area contributed by atoms with Gasteiger partial charge >= 0.3 is 18.0 Å². The Morgan fingerprint density at radius 1 is 1.25 bits per heavy atom. The second-order valence-corrected chi connectivity index (χ2v) is 3.91. The van der Waals surface area contributed by atoms with Gasteiger partial charge in [-0.1, -0.05) is 30.3 Å². The smallest absolute Gasteiger partial charge is 0.333 e. The van der Waals surface area contributed by atoms with E-state index in [1.165, 1.54) is 7.11 Å². The van der Waals surface area contributed by atoms with E-state index in [2.05, 4.69) is 15.4 Å². The largest absolute Gasteiger partial charge is 0.481 e. The number of nitrogens with one attached hydrogen (secondary N) is 2. The third kappa shape index (κ3) is 4.97. The maximum absolute atomic E-state index is 11.7. The second kappa shape index (κ2) is 7.78. The van der Waals surface area contributed by atoms with E-state index in [0.29, 0.717) is 5.56 Å². The number of esters is 1. The molecular weight excluding hydrogens is 264 g/mol. The molecule has 0 spiro atoms. The van der Waals surface area contributed by atoms with Gasteiger partial charge < -0.3 is 20.5 Å². The molecule has 1 rings (SSSR count). The Kier molecular flexibility index (Phi) is 6.02. The lowest BCUT2D eigenvalue weighted by Gasteiger charge is -2.17. The third-order valence-electron chi connectivity index (χ3n) is 2.47. The van der Waals surface area contributed by atoms with Crippen LogP contribution in [0.3, 0.4) is 0 Å². The molecule has 1 aromatic carbocycles. The van der Waals surface area contributed by atoms with Crippen molar-refractivity contribution in [2.45, 2.75) is 12.5 Å². The quantitative estimate of drug-likeness (QED) is 0.664. The van der Waals surface area contributed by atoms with Crippen molar-refractivity contribution in [2.75, 3.05) is 13.7 Å². The van der Waals surface area contributed by atoms with Gasteiger partial charge in [0.05, 0.1) is 13.5 Å². The van der Waals surface area contributed by atoms with Crippen LogP contribution in [0.25, 0.3) is 0 Å². The lowest BCUT2D eigenvalue weighted by Crippen LogP contribution is -2.41. The minimum atomic E-state index is -1.02. The molecule has 0 fully saturated rings. The van der Waals surface area contributed by atoms with E-state index in [9.17, 15) is 14.4 Å². The van der Waals surface area contributed by atoms with Crippen molar-refractivity contribution < 1.29 is 24.2 Å². The van der Waals surface area contributed by atoms with Crippen LogP contribution in [0.1, 0.15) is 18.0 Å². The molecule has 7 heteroatoms. The molecule has 0 bridgehead atoms. The summed E-state index contributed by atoms with van der Waals surface area (Å²) in [5.74, 6) is -1.62. The molecule has 0 saturated heterocycles. The molecule has 20 heavy (non-hydrogen) atoms. The SMILES string of the molecule is COC(=O)C(NC(=O)NCCC(=O)O)c1ccccc1. The van der Waals surface area contributed by atoms with Crippen molar-refractivity contribution in [2.24, 2.45) is 0 Å². The lowest BCUT2D eigenvalue weighted by molar-refractivity contribution is -0.143. The summed E-state index contributed by atoms with van der Waals surface area (Å²) in [5.41, 5.74) is 0.577. The van der Waals surface area contributed by atoms with Gasteiger partial charge in [-0.05, 0) is 5.56 Å². The zero-order valence-corrected chi connectivity index (χ0v) is 11.0. The van der Waals surface area contributed by atoms with Gasteiger partial charge in [0.1, 0.15) is 0 Å². The van der Waals surface area contributed by atoms with Crippen molar-refractivity contribution in [3.63, 3.8) is 0 Å². The van der Waals surface area contributed by atoms with E-state index in [0.717, 1.165) is 0 Å². The molecule has 0 aliphatic carbocycles. The number of rotatable bonds is 6. The van der Waals surface area contributed by atoms with Crippen LogP contribution >= 0.6 is 0 Å². The molecule has 1 unspecified atom stereocenters. The first-order valence-corrected chi connectivity index (χ1v) is 5.93. The summed E-state index contributed by atoms with van der Waals surface area (Å²) in [7, 11) is 1.22. The fraction of sp³-hybridized carbons (Fsp3) is 0.308. The van der Waals surface area contributed by atoms with Gasteiger partial charge in [0.25, 0.3) is 0 Å². The number of ether oxygens (including phenoxy) is 1. The number of amides is 2. The predicted octanol–water partition coefficient (Wildman–Crippen LogP) is 0.675. The Morgan fingerprint density at radius 2 is 1.90 bits per heavy atom. The molecule has 3 N–H and O–H groups in total. The van der Waals surface area contributed by atoms with Crippen molar-refractivity contribution in [1.29, 1.82) is 0 Å². The monoisotopic (exact) mass is 280 g/mol. The van der Waals surface area contributed by atoms with Crippen LogP contribution in [-0.2, 0) is 14.3 Å². The molecule has 0 heterocycles. The lowest BCUT2D eigenvalue weighted by atomic mass is 10.1. The summed E-state index contributed by atoms with van der Waals surface area (Å²) < 4.78 is 4.63. The molecule has 2 amide bonds.